The summed E-state index contributed by atoms with van der Waals surface area (Å²) in [4.78, 5) is 22.2. The second-order valence-electron chi connectivity index (χ2n) is 3.78. The van der Waals surface area contributed by atoms with Crippen molar-refractivity contribution in [1.82, 2.24) is 5.32 Å². The number of hydrogen-bond donors (Lipinski definition) is 2. The van der Waals surface area contributed by atoms with Crippen molar-refractivity contribution >= 4 is 27.8 Å². The van der Waals surface area contributed by atoms with Gasteiger partial charge in [0.15, 0.2) is 0 Å². The van der Waals surface area contributed by atoms with Crippen LogP contribution < -0.4 is 5.32 Å². The van der Waals surface area contributed by atoms with E-state index in [1.807, 2.05) is 0 Å². The minimum atomic E-state index is -0.796. The Morgan fingerprint density at radius 1 is 1.40 bits per heavy atom. The van der Waals surface area contributed by atoms with Crippen molar-refractivity contribution < 1.29 is 14.7 Å². The van der Waals surface area contributed by atoms with Crippen molar-refractivity contribution in [3.8, 4) is 0 Å². The Balaban J connectivity index is 2.36. The summed E-state index contributed by atoms with van der Waals surface area (Å²) in [6.07, 6.45) is 1.72. The van der Waals surface area contributed by atoms with Crippen molar-refractivity contribution in [2.45, 2.75) is 19.3 Å². The first-order chi connectivity index (χ1) is 7.00. The molecule has 84 valence electrons. The lowest BCUT2D eigenvalue weighted by Crippen LogP contribution is -2.30. The fourth-order valence-electron chi connectivity index (χ4n) is 1.77. The van der Waals surface area contributed by atoms with Gasteiger partial charge in [-0.1, -0.05) is 22.5 Å². The molecule has 0 saturated heterocycles. The molecule has 1 aliphatic rings. The van der Waals surface area contributed by atoms with Crippen LogP contribution in [0.15, 0.2) is 11.1 Å². The van der Waals surface area contributed by atoms with Crippen LogP contribution in [-0.2, 0) is 9.59 Å². The van der Waals surface area contributed by atoms with Crippen LogP contribution in [0.1, 0.15) is 19.3 Å². The van der Waals surface area contributed by atoms with E-state index in [9.17, 15) is 9.59 Å². The molecule has 1 rings (SSSR count). The molecule has 1 aliphatic carbocycles. The van der Waals surface area contributed by atoms with Crippen molar-refractivity contribution in [1.29, 1.82) is 0 Å². The van der Waals surface area contributed by atoms with Gasteiger partial charge in [-0.05, 0) is 19.3 Å². The Morgan fingerprint density at radius 3 is 2.47 bits per heavy atom. The number of aliphatic carboxylic acids is 1. The third kappa shape index (κ3) is 3.66. The number of amides is 1. The minimum absolute atomic E-state index is 0.0700. The number of carbonyl (C=O) groups is 2. The van der Waals surface area contributed by atoms with Gasteiger partial charge in [0.05, 0.1) is 5.92 Å². The summed E-state index contributed by atoms with van der Waals surface area (Å²) in [5, 5.41) is 11.5. The minimum Gasteiger partial charge on any atom is -0.481 e. The fraction of sp³-hybridized carbons (Fsp3) is 0.600. The van der Waals surface area contributed by atoms with Gasteiger partial charge < -0.3 is 10.4 Å². The predicted molar refractivity (Wildman–Crippen MR) is 59.5 cm³/mol. The number of rotatable bonds is 4. The third-order valence-corrected chi connectivity index (χ3v) is 2.89. The highest BCUT2D eigenvalue weighted by molar-refractivity contribution is 9.11. The normalized spacial score (nSPS) is 24.9. The Morgan fingerprint density at radius 2 is 2.00 bits per heavy atom. The molecule has 1 fully saturated rings. The summed E-state index contributed by atoms with van der Waals surface area (Å²) < 4.78 is 0.712. The van der Waals surface area contributed by atoms with Crippen LogP contribution in [0, 0.1) is 11.8 Å². The van der Waals surface area contributed by atoms with E-state index in [0.717, 1.165) is 0 Å². The molecule has 15 heavy (non-hydrogen) atoms. The second-order valence-corrected chi connectivity index (χ2v) is 4.90. The molecule has 2 unspecified atom stereocenters. The second kappa shape index (κ2) is 5.30. The van der Waals surface area contributed by atoms with E-state index in [2.05, 4.69) is 27.8 Å². The molecule has 5 heteroatoms. The SMILES string of the molecule is C=C(Br)CNC(=O)C1CCC(C(=O)O)C1. The van der Waals surface area contributed by atoms with Crippen molar-refractivity contribution in [2.24, 2.45) is 11.8 Å². The highest BCUT2D eigenvalue weighted by Crippen LogP contribution is 2.31. The number of carboxylic acid groups (broad SMARTS) is 1. The molecule has 0 aromatic carbocycles. The molecule has 1 saturated carbocycles. The van der Waals surface area contributed by atoms with Crippen molar-refractivity contribution in [3.63, 3.8) is 0 Å². The van der Waals surface area contributed by atoms with Gasteiger partial charge in [-0.2, -0.15) is 0 Å². The molecule has 0 bridgehead atoms. The monoisotopic (exact) mass is 275 g/mol. The summed E-state index contributed by atoms with van der Waals surface area (Å²) in [5.41, 5.74) is 0. The zero-order valence-electron chi connectivity index (χ0n) is 8.33. The van der Waals surface area contributed by atoms with Crippen LogP contribution in [0.2, 0.25) is 0 Å². The molecule has 1 amide bonds. The van der Waals surface area contributed by atoms with Gasteiger partial charge in [-0.15, -0.1) is 0 Å². The van der Waals surface area contributed by atoms with Crippen molar-refractivity contribution in [2.75, 3.05) is 6.54 Å². The highest BCUT2D eigenvalue weighted by Gasteiger charge is 2.33. The summed E-state index contributed by atoms with van der Waals surface area (Å²) >= 11 is 3.14. The van der Waals surface area contributed by atoms with Crippen LogP contribution >= 0.6 is 15.9 Å². The maximum atomic E-state index is 11.6. The smallest absolute Gasteiger partial charge is 0.306 e. The van der Waals surface area contributed by atoms with E-state index in [4.69, 9.17) is 5.11 Å². The standard InChI is InChI=1S/C10H14BrNO3/c1-6(11)5-12-9(13)7-2-3-8(4-7)10(14)15/h7-8H,1-5H2,(H,12,13)(H,14,15). The lowest BCUT2D eigenvalue weighted by atomic mass is 10.0. The third-order valence-electron chi connectivity index (χ3n) is 2.61. The average Bonchev–Trinajstić information content (AvgIpc) is 2.62. The molecule has 0 aromatic rings. The zero-order chi connectivity index (χ0) is 11.4. The Kier molecular flexibility index (Phi) is 4.32. The van der Waals surface area contributed by atoms with Gasteiger partial charge in [0, 0.05) is 16.9 Å². The largest absolute Gasteiger partial charge is 0.481 e. The van der Waals surface area contributed by atoms with E-state index < -0.39 is 5.97 Å². The fourth-order valence-corrected chi connectivity index (χ4v) is 1.91. The van der Waals surface area contributed by atoms with Crippen LogP contribution in [0.25, 0.3) is 0 Å². The van der Waals surface area contributed by atoms with Crippen LogP contribution in [0.5, 0.6) is 0 Å². The van der Waals surface area contributed by atoms with Crippen LogP contribution in [0.4, 0.5) is 0 Å². The Hall–Kier alpha value is -0.840. The Labute approximate surface area is 96.9 Å². The van der Waals surface area contributed by atoms with E-state index in [1.165, 1.54) is 0 Å². The quantitative estimate of drug-likeness (QED) is 0.818. The molecule has 0 aromatic heterocycles. The van der Waals surface area contributed by atoms with E-state index in [1.54, 1.807) is 0 Å². The number of nitrogens with one attached hydrogen (secondary N) is 1. The van der Waals surface area contributed by atoms with Gasteiger partial charge in [-0.25, -0.2) is 0 Å². The van der Waals surface area contributed by atoms with E-state index in [0.29, 0.717) is 30.3 Å². The molecular formula is C10H14BrNO3. The molecule has 4 nitrogen and oxygen atoms in total. The van der Waals surface area contributed by atoms with Crippen LogP contribution in [-0.4, -0.2) is 23.5 Å². The molecule has 0 aliphatic heterocycles. The topological polar surface area (TPSA) is 66.4 Å². The van der Waals surface area contributed by atoms with Gasteiger partial charge in [-0.3, -0.25) is 9.59 Å². The lowest BCUT2D eigenvalue weighted by molar-refractivity contribution is -0.141. The first kappa shape index (κ1) is 12.2. The number of halogens is 1. The number of carbonyl (C=O) groups excluding carboxylic acids is 1. The maximum Gasteiger partial charge on any atom is 0.306 e. The molecule has 0 heterocycles. The molecular weight excluding hydrogens is 262 g/mol. The molecule has 0 spiro atoms. The zero-order valence-corrected chi connectivity index (χ0v) is 9.92. The van der Waals surface area contributed by atoms with E-state index in [-0.39, 0.29) is 17.7 Å². The summed E-state index contributed by atoms with van der Waals surface area (Å²) in [6, 6.07) is 0. The van der Waals surface area contributed by atoms with Crippen LogP contribution in [0.3, 0.4) is 0 Å². The molecule has 2 N–H and O–H groups in total. The van der Waals surface area contributed by atoms with Gasteiger partial charge in [0.1, 0.15) is 0 Å². The first-order valence-corrected chi connectivity index (χ1v) is 5.63. The predicted octanol–water partition coefficient (Wildman–Crippen LogP) is 1.51. The summed E-state index contributed by atoms with van der Waals surface area (Å²) in [5.74, 6) is -1.37. The number of hydrogen-bond acceptors (Lipinski definition) is 2. The van der Waals surface area contributed by atoms with Crippen molar-refractivity contribution in [3.05, 3.63) is 11.1 Å². The van der Waals surface area contributed by atoms with E-state index >= 15 is 0 Å². The van der Waals surface area contributed by atoms with Gasteiger partial charge in [0.25, 0.3) is 0 Å². The Bertz CT molecular complexity index is 290. The molecule has 0 radical (unpaired) electrons. The first-order valence-electron chi connectivity index (χ1n) is 4.84. The maximum absolute atomic E-state index is 11.6. The lowest BCUT2D eigenvalue weighted by Gasteiger charge is -2.09. The average molecular weight is 276 g/mol. The van der Waals surface area contributed by atoms with Gasteiger partial charge >= 0.3 is 5.97 Å². The molecule has 2 atom stereocenters. The highest BCUT2D eigenvalue weighted by atomic mass is 79.9. The van der Waals surface area contributed by atoms with Gasteiger partial charge in [0.2, 0.25) is 5.91 Å². The summed E-state index contributed by atoms with van der Waals surface area (Å²) in [7, 11) is 0. The number of carboxylic acids is 1. The summed E-state index contributed by atoms with van der Waals surface area (Å²) in [6.45, 7) is 4.00.